The monoisotopic (exact) mass is 204 g/mol. The standard InChI is InChI=1S/C8H16N2O4/c1-3-7(11)9-13-5-6-14-10-8(12)4-2/h3-6H2,1-2H3,(H,9,11)(H,10,12). The van der Waals surface area contributed by atoms with E-state index in [9.17, 15) is 9.59 Å². The molecule has 0 spiro atoms. The molecule has 0 aromatic carbocycles. The van der Waals surface area contributed by atoms with Gasteiger partial charge in [-0.05, 0) is 0 Å². The van der Waals surface area contributed by atoms with Crippen molar-refractivity contribution in [3.63, 3.8) is 0 Å². The summed E-state index contributed by atoms with van der Waals surface area (Å²) in [6.45, 7) is 3.82. The molecule has 0 aliphatic rings. The van der Waals surface area contributed by atoms with Crippen molar-refractivity contribution >= 4 is 11.8 Å². The van der Waals surface area contributed by atoms with E-state index in [-0.39, 0.29) is 25.0 Å². The third-order valence-corrected chi connectivity index (χ3v) is 1.30. The number of carbonyl (C=O) groups excluding carboxylic acids is 2. The SMILES string of the molecule is CCC(=O)NOCCONC(=O)CC. The Morgan fingerprint density at radius 3 is 1.57 bits per heavy atom. The number of amides is 2. The molecule has 0 atom stereocenters. The van der Waals surface area contributed by atoms with Crippen LogP contribution in [0.4, 0.5) is 0 Å². The van der Waals surface area contributed by atoms with Gasteiger partial charge in [0.25, 0.3) is 0 Å². The highest BCUT2D eigenvalue weighted by Crippen LogP contribution is 1.78. The van der Waals surface area contributed by atoms with Crippen LogP contribution < -0.4 is 11.0 Å². The number of nitrogens with one attached hydrogen (secondary N) is 2. The molecule has 2 amide bonds. The van der Waals surface area contributed by atoms with Crippen LogP contribution in [-0.4, -0.2) is 25.0 Å². The Balaban J connectivity index is 3.14. The van der Waals surface area contributed by atoms with E-state index in [4.69, 9.17) is 9.68 Å². The summed E-state index contributed by atoms with van der Waals surface area (Å²) in [5.41, 5.74) is 4.41. The lowest BCUT2D eigenvalue weighted by molar-refractivity contribution is -0.141. The van der Waals surface area contributed by atoms with Gasteiger partial charge in [-0.15, -0.1) is 0 Å². The van der Waals surface area contributed by atoms with Gasteiger partial charge in [-0.25, -0.2) is 11.0 Å². The Hall–Kier alpha value is -1.14. The number of hydrogen-bond acceptors (Lipinski definition) is 4. The predicted molar refractivity (Wildman–Crippen MR) is 48.8 cm³/mol. The van der Waals surface area contributed by atoms with E-state index in [2.05, 4.69) is 11.0 Å². The van der Waals surface area contributed by atoms with E-state index in [1.807, 2.05) is 0 Å². The molecule has 0 unspecified atom stereocenters. The van der Waals surface area contributed by atoms with Gasteiger partial charge >= 0.3 is 0 Å². The molecule has 0 saturated carbocycles. The molecular formula is C8H16N2O4. The third-order valence-electron chi connectivity index (χ3n) is 1.30. The van der Waals surface area contributed by atoms with Crippen molar-refractivity contribution in [2.45, 2.75) is 26.7 Å². The number of hydroxylamine groups is 2. The first-order valence-corrected chi connectivity index (χ1v) is 4.52. The van der Waals surface area contributed by atoms with Crippen LogP contribution in [0.5, 0.6) is 0 Å². The van der Waals surface area contributed by atoms with E-state index in [0.717, 1.165) is 0 Å². The number of hydrogen-bond donors (Lipinski definition) is 2. The van der Waals surface area contributed by atoms with E-state index in [1.54, 1.807) is 13.8 Å². The second-order valence-corrected chi connectivity index (χ2v) is 2.45. The van der Waals surface area contributed by atoms with Crippen LogP contribution >= 0.6 is 0 Å². The first-order valence-electron chi connectivity index (χ1n) is 4.52. The maximum atomic E-state index is 10.7. The highest BCUT2D eigenvalue weighted by molar-refractivity contribution is 5.74. The van der Waals surface area contributed by atoms with Crippen LogP contribution in [0, 0.1) is 0 Å². The molecule has 0 aromatic rings. The Labute approximate surface area is 82.9 Å². The molecule has 2 N–H and O–H groups in total. The zero-order valence-corrected chi connectivity index (χ0v) is 8.46. The zero-order valence-electron chi connectivity index (χ0n) is 8.46. The fourth-order valence-electron chi connectivity index (χ4n) is 0.491. The maximum absolute atomic E-state index is 10.7. The molecule has 6 nitrogen and oxygen atoms in total. The molecule has 6 heteroatoms. The van der Waals surface area contributed by atoms with Crippen molar-refractivity contribution < 1.29 is 19.3 Å². The average molecular weight is 204 g/mol. The Morgan fingerprint density at radius 2 is 1.29 bits per heavy atom. The first kappa shape index (κ1) is 12.9. The smallest absolute Gasteiger partial charge is 0.243 e. The average Bonchev–Trinajstić information content (AvgIpc) is 2.22. The van der Waals surface area contributed by atoms with Gasteiger partial charge in [-0.3, -0.25) is 19.3 Å². The van der Waals surface area contributed by atoms with Gasteiger partial charge in [0.2, 0.25) is 11.8 Å². The minimum atomic E-state index is -0.192. The van der Waals surface area contributed by atoms with Crippen molar-refractivity contribution in [2.24, 2.45) is 0 Å². The van der Waals surface area contributed by atoms with Crippen molar-refractivity contribution in [3.8, 4) is 0 Å². The molecule has 0 radical (unpaired) electrons. The minimum absolute atomic E-state index is 0.190. The van der Waals surface area contributed by atoms with Crippen molar-refractivity contribution in [1.82, 2.24) is 11.0 Å². The summed E-state index contributed by atoms with van der Waals surface area (Å²) in [6.07, 6.45) is 0.737. The summed E-state index contributed by atoms with van der Waals surface area (Å²) in [5, 5.41) is 0. The lowest BCUT2D eigenvalue weighted by atomic mass is 10.5. The van der Waals surface area contributed by atoms with Crippen LogP contribution in [0.25, 0.3) is 0 Å². The summed E-state index contributed by atoms with van der Waals surface area (Å²) >= 11 is 0. The van der Waals surface area contributed by atoms with Crippen molar-refractivity contribution in [1.29, 1.82) is 0 Å². The fourth-order valence-corrected chi connectivity index (χ4v) is 0.491. The molecule has 0 aliphatic heterocycles. The van der Waals surface area contributed by atoms with Gasteiger partial charge in [0.1, 0.15) is 13.2 Å². The predicted octanol–water partition coefficient (Wildman–Crippen LogP) is -0.0980. The maximum Gasteiger partial charge on any atom is 0.243 e. The summed E-state index contributed by atoms with van der Waals surface area (Å²) < 4.78 is 0. The van der Waals surface area contributed by atoms with Crippen LogP contribution in [0.1, 0.15) is 26.7 Å². The van der Waals surface area contributed by atoms with E-state index in [1.165, 1.54) is 0 Å². The largest absolute Gasteiger partial charge is 0.273 e. The quantitative estimate of drug-likeness (QED) is 0.448. The van der Waals surface area contributed by atoms with Gasteiger partial charge in [0.05, 0.1) is 0 Å². The summed E-state index contributed by atoms with van der Waals surface area (Å²) in [7, 11) is 0. The highest BCUT2D eigenvalue weighted by Gasteiger charge is 1.97. The lowest BCUT2D eigenvalue weighted by Crippen LogP contribution is -2.28. The van der Waals surface area contributed by atoms with E-state index < -0.39 is 0 Å². The van der Waals surface area contributed by atoms with Crippen LogP contribution in [0.2, 0.25) is 0 Å². The number of carbonyl (C=O) groups is 2. The molecule has 0 rings (SSSR count). The molecule has 0 aromatic heterocycles. The molecule has 82 valence electrons. The van der Waals surface area contributed by atoms with E-state index in [0.29, 0.717) is 12.8 Å². The molecular weight excluding hydrogens is 188 g/mol. The summed E-state index contributed by atoms with van der Waals surface area (Å²) in [6, 6.07) is 0. The van der Waals surface area contributed by atoms with Gasteiger partial charge in [-0.2, -0.15) is 0 Å². The second-order valence-electron chi connectivity index (χ2n) is 2.45. The van der Waals surface area contributed by atoms with Gasteiger partial charge in [0.15, 0.2) is 0 Å². The normalized spacial score (nSPS) is 9.57. The summed E-state index contributed by atoms with van der Waals surface area (Å²) in [5.74, 6) is -0.384. The van der Waals surface area contributed by atoms with Crippen molar-refractivity contribution in [3.05, 3.63) is 0 Å². The molecule has 0 aliphatic carbocycles. The highest BCUT2D eigenvalue weighted by atomic mass is 16.7. The Morgan fingerprint density at radius 1 is 0.929 bits per heavy atom. The molecule has 0 saturated heterocycles. The Kier molecular flexibility index (Phi) is 7.77. The second kappa shape index (κ2) is 8.46. The summed E-state index contributed by atoms with van der Waals surface area (Å²) in [4.78, 5) is 30.8. The fraction of sp³-hybridized carbons (Fsp3) is 0.750. The molecule has 0 fully saturated rings. The third kappa shape index (κ3) is 7.51. The zero-order chi connectivity index (χ0) is 10.8. The molecule has 0 heterocycles. The minimum Gasteiger partial charge on any atom is -0.273 e. The van der Waals surface area contributed by atoms with Gasteiger partial charge in [0, 0.05) is 12.8 Å². The van der Waals surface area contributed by atoms with Crippen LogP contribution in [0.3, 0.4) is 0 Å². The molecule has 0 bridgehead atoms. The topological polar surface area (TPSA) is 76.7 Å². The van der Waals surface area contributed by atoms with Crippen molar-refractivity contribution in [2.75, 3.05) is 13.2 Å². The van der Waals surface area contributed by atoms with Crippen LogP contribution in [-0.2, 0) is 19.3 Å². The number of rotatable bonds is 7. The van der Waals surface area contributed by atoms with Gasteiger partial charge < -0.3 is 0 Å². The Bertz CT molecular complexity index is 164. The first-order chi connectivity index (χ1) is 6.70. The molecule has 14 heavy (non-hydrogen) atoms. The van der Waals surface area contributed by atoms with Gasteiger partial charge in [-0.1, -0.05) is 13.8 Å². The lowest BCUT2D eigenvalue weighted by Gasteiger charge is -2.05. The van der Waals surface area contributed by atoms with Crippen LogP contribution in [0.15, 0.2) is 0 Å². The van der Waals surface area contributed by atoms with E-state index >= 15 is 0 Å².